The molecule has 20 heavy (non-hydrogen) atoms. The molecule has 1 atom stereocenters. The number of benzene rings is 1. The van der Waals surface area contributed by atoms with E-state index in [2.05, 4.69) is 50.2 Å². The van der Waals surface area contributed by atoms with E-state index in [1.165, 1.54) is 11.1 Å². The molecule has 1 aliphatic heterocycles. The van der Waals surface area contributed by atoms with E-state index in [1.54, 1.807) is 0 Å². The molecular weight excluding hydrogens is 268 g/mol. The van der Waals surface area contributed by atoms with Gasteiger partial charge in [0.05, 0.1) is 6.04 Å². The molecule has 0 aliphatic carbocycles. The Morgan fingerprint density at radius 3 is 2.85 bits per heavy atom. The third kappa shape index (κ3) is 3.30. The van der Waals surface area contributed by atoms with Gasteiger partial charge < -0.3 is 10.5 Å². The van der Waals surface area contributed by atoms with Gasteiger partial charge in [-0.25, -0.2) is 0 Å². The van der Waals surface area contributed by atoms with Crippen LogP contribution in [0.2, 0.25) is 0 Å². The summed E-state index contributed by atoms with van der Waals surface area (Å²) in [6.07, 6.45) is 3.11. The summed E-state index contributed by atoms with van der Waals surface area (Å²) in [5.41, 5.74) is 8.48. The fourth-order valence-electron chi connectivity index (χ4n) is 2.84. The second-order valence-electron chi connectivity index (χ2n) is 6.10. The molecule has 1 unspecified atom stereocenters. The Balaban J connectivity index is 2.26. The maximum Gasteiger partial charge on any atom is 0.128 e. The van der Waals surface area contributed by atoms with Gasteiger partial charge in [0.2, 0.25) is 0 Å². The molecule has 1 aliphatic rings. The summed E-state index contributed by atoms with van der Waals surface area (Å²) in [6, 6.07) is 6.69. The predicted octanol–water partition coefficient (Wildman–Crippen LogP) is 2.69. The molecule has 1 heterocycles. The third-order valence-corrected chi connectivity index (χ3v) is 4.47. The lowest BCUT2D eigenvalue weighted by atomic mass is 9.97. The standard InChI is InChI=1S/C16H26N2OS/c1-16(2)10-12-6-5-7-13(15(12)19-16)14(11-17)18(3)8-9-20-4/h5-7,14H,8-11,17H2,1-4H3. The first-order valence-electron chi connectivity index (χ1n) is 7.18. The van der Waals surface area contributed by atoms with Crippen LogP contribution in [0.25, 0.3) is 0 Å². The molecule has 1 aromatic rings. The summed E-state index contributed by atoms with van der Waals surface area (Å²) in [5.74, 6) is 2.18. The second kappa shape index (κ2) is 6.37. The molecule has 112 valence electrons. The van der Waals surface area contributed by atoms with E-state index < -0.39 is 0 Å². The number of fused-ring (bicyclic) bond motifs is 1. The molecular formula is C16H26N2OS. The monoisotopic (exact) mass is 294 g/mol. The zero-order valence-corrected chi connectivity index (χ0v) is 13.8. The molecule has 0 amide bonds. The van der Waals surface area contributed by atoms with Crippen molar-refractivity contribution in [2.24, 2.45) is 5.73 Å². The Hall–Kier alpha value is -0.710. The van der Waals surface area contributed by atoms with Crippen LogP contribution in [0.3, 0.4) is 0 Å². The highest BCUT2D eigenvalue weighted by Gasteiger charge is 2.33. The highest BCUT2D eigenvalue weighted by Crippen LogP contribution is 2.40. The Labute approximate surface area is 126 Å². The molecule has 0 fully saturated rings. The van der Waals surface area contributed by atoms with Crippen LogP contribution in [-0.2, 0) is 6.42 Å². The van der Waals surface area contributed by atoms with Crippen LogP contribution in [0.1, 0.15) is 31.0 Å². The van der Waals surface area contributed by atoms with Gasteiger partial charge >= 0.3 is 0 Å². The number of para-hydroxylation sites is 1. The summed E-state index contributed by atoms with van der Waals surface area (Å²) in [5, 5.41) is 0. The van der Waals surface area contributed by atoms with Crippen molar-refractivity contribution >= 4 is 11.8 Å². The maximum absolute atomic E-state index is 6.18. The van der Waals surface area contributed by atoms with Gasteiger partial charge in [0.15, 0.2) is 0 Å². The molecule has 3 nitrogen and oxygen atoms in total. The maximum atomic E-state index is 6.18. The Kier molecular flexibility index (Phi) is 4.99. The Morgan fingerprint density at radius 1 is 1.45 bits per heavy atom. The minimum Gasteiger partial charge on any atom is -0.487 e. The van der Waals surface area contributed by atoms with E-state index in [0.29, 0.717) is 6.54 Å². The zero-order chi connectivity index (χ0) is 14.8. The van der Waals surface area contributed by atoms with Crippen molar-refractivity contribution in [2.45, 2.75) is 31.9 Å². The van der Waals surface area contributed by atoms with Crippen molar-refractivity contribution in [1.29, 1.82) is 0 Å². The zero-order valence-electron chi connectivity index (χ0n) is 13.0. The smallest absolute Gasteiger partial charge is 0.128 e. The van der Waals surface area contributed by atoms with E-state index in [-0.39, 0.29) is 11.6 Å². The third-order valence-electron chi connectivity index (χ3n) is 3.88. The van der Waals surface area contributed by atoms with Gasteiger partial charge in [0.25, 0.3) is 0 Å². The number of likely N-dealkylation sites (N-methyl/N-ethyl adjacent to an activating group) is 1. The van der Waals surface area contributed by atoms with Crippen molar-refractivity contribution < 1.29 is 4.74 Å². The number of hydrogen-bond donors (Lipinski definition) is 1. The Bertz CT molecular complexity index is 462. The molecule has 1 aromatic carbocycles. The molecule has 2 N–H and O–H groups in total. The molecule has 4 heteroatoms. The number of hydrogen-bond acceptors (Lipinski definition) is 4. The molecule has 0 spiro atoms. The van der Waals surface area contributed by atoms with Gasteiger partial charge in [-0.15, -0.1) is 0 Å². The average molecular weight is 294 g/mol. The molecule has 0 bridgehead atoms. The van der Waals surface area contributed by atoms with Gasteiger partial charge in [0.1, 0.15) is 11.4 Å². The van der Waals surface area contributed by atoms with E-state index in [4.69, 9.17) is 10.5 Å². The summed E-state index contributed by atoms with van der Waals surface area (Å²) < 4.78 is 6.18. The SMILES string of the molecule is CSCCN(C)C(CN)c1cccc2c1OC(C)(C)C2. The predicted molar refractivity (Wildman–Crippen MR) is 87.7 cm³/mol. The first-order chi connectivity index (χ1) is 9.48. The van der Waals surface area contributed by atoms with Crippen LogP contribution in [0, 0.1) is 0 Å². The van der Waals surface area contributed by atoms with E-state index in [1.807, 2.05) is 11.8 Å². The van der Waals surface area contributed by atoms with Crippen LogP contribution in [0.15, 0.2) is 18.2 Å². The minimum atomic E-state index is -0.102. The fourth-order valence-corrected chi connectivity index (χ4v) is 3.31. The molecule has 0 aromatic heterocycles. The summed E-state index contributed by atoms with van der Waals surface area (Å²) >= 11 is 1.86. The molecule has 0 saturated heterocycles. The molecule has 2 rings (SSSR count). The van der Waals surface area contributed by atoms with Gasteiger partial charge in [-0.2, -0.15) is 11.8 Å². The first-order valence-corrected chi connectivity index (χ1v) is 8.58. The van der Waals surface area contributed by atoms with Crippen LogP contribution >= 0.6 is 11.8 Å². The van der Waals surface area contributed by atoms with Crippen LogP contribution < -0.4 is 10.5 Å². The number of nitrogens with zero attached hydrogens (tertiary/aromatic N) is 1. The molecule has 0 radical (unpaired) electrons. The van der Waals surface area contributed by atoms with Gasteiger partial charge in [-0.3, -0.25) is 4.90 Å². The Morgan fingerprint density at radius 2 is 2.20 bits per heavy atom. The second-order valence-corrected chi connectivity index (χ2v) is 7.08. The topological polar surface area (TPSA) is 38.5 Å². The summed E-state index contributed by atoms with van der Waals surface area (Å²) in [4.78, 5) is 2.33. The lowest BCUT2D eigenvalue weighted by Gasteiger charge is -2.29. The van der Waals surface area contributed by atoms with Crippen LogP contribution in [0.5, 0.6) is 5.75 Å². The van der Waals surface area contributed by atoms with Crippen LogP contribution in [-0.4, -0.2) is 42.6 Å². The van der Waals surface area contributed by atoms with Crippen molar-refractivity contribution in [3.05, 3.63) is 29.3 Å². The van der Waals surface area contributed by atoms with E-state index in [0.717, 1.165) is 24.5 Å². The first kappa shape index (κ1) is 15.7. The highest BCUT2D eigenvalue weighted by molar-refractivity contribution is 7.98. The van der Waals surface area contributed by atoms with E-state index in [9.17, 15) is 0 Å². The molecule has 0 saturated carbocycles. The fraction of sp³-hybridized carbons (Fsp3) is 0.625. The van der Waals surface area contributed by atoms with Crippen molar-refractivity contribution in [3.63, 3.8) is 0 Å². The van der Waals surface area contributed by atoms with E-state index >= 15 is 0 Å². The number of ether oxygens (including phenoxy) is 1. The van der Waals surface area contributed by atoms with Crippen molar-refractivity contribution in [3.8, 4) is 5.75 Å². The average Bonchev–Trinajstić information content (AvgIpc) is 2.72. The lowest BCUT2D eigenvalue weighted by molar-refractivity contribution is 0.134. The van der Waals surface area contributed by atoms with Gasteiger partial charge in [-0.1, -0.05) is 18.2 Å². The van der Waals surface area contributed by atoms with Crippen molar-refractivity contribution in [1.82, 2.24) is 4.90 Å². The largest absolute Gasteiger partial charge is 0.487 e. The lowest BCUT2D eigenvalue weighted by Crippen LogP contribution is -2.33. The van der Waals surface area contributed by atoms with Crippen LogP contribution in [0.4, 0.5) is 0 Å². The summed E-state index contributed by atoms with van der Waals surface area (Å²) in [6.45, 7) is 5.94. The summed E-state index contributed by atoms with van der Waals surface area (Å²) in [7, 11) is 2.15. The van der Waals surface area contributed by atoms with Crippen molar-refractivity contribution in [2.75, 3.05) is 32.1 Å². The minimum absolute atomic E-state index is 0.102. The van der Waals surface area contributed by atoms with Gasteiger partial charge in [-0.05, 0) is 32.7 Å². The number of rotatable bonds is 6. The normalized spacial score (nSPS) is 17.9. The highest BCUT2D eigenvalue weighted by atomic mass is 32.2. The van der Waals surface area contributed by atoms with Gasteiger partial charge in [0, 0.05) is 30.8 Å². The number of thioether (sulfide) groups is 1. The quantitative estimate of drug-likeness (QED) is 0.875. The number of nitrogens with two attached hydrogens (primary N) is 1.